The first-order valence-electron chi connectivity index (χ1n) is 9.05. The van der Waals surface area contributed by atoms with Gasteiger partial charge >= 0.3 is 0 Å². The lowest BCUT2D eigenvalue weighted by Gasteiger charge is -2.32. The van der Waals surface area contributed by atoms with Gasteiger partial charge in [0.1, 0.15) is 11.5 Å². The van der Waals surface area contributed by atoms with Gasteiger partial charge in [0, 0.05) is 23.5 Å². The number of benzene rings is 3. The van der Waals surface area contributed by atoms with Crippen LogP contribution in [0.25, 0.3) is 0 Å². The molecular weight excluding hydrogens is 320 g/mol. The van der Waals surface area contributed by atoms with Crippen molar-refractivity contribution in [1.29, 1.82) is 0 Å². The van der Waals surface area contributed by atoms with Gasteiger partial charge < -0.3 is 9.84 Å². The smallest absolute Gasteiger partial charge is 0.123 e. The molecule has 0 bridgehead atoms. The number of rotatable bonds is 3. The Morgan fingerprint density at radius 1 is 0.846 bits per heavy atom. The predicted molar refractivity (Wildman–Crippen MR) is 105 cm³/mol. The zero-order valence-corrected chi connectivity index (χ0v) is 15.4. The second-order valence-corrected chi connectivity index (χ2v) is 7.61. The molecule has 26 heavy (non-hydrogen) atoms. The average Bonchev–Trinajstić information content (AvgIpc) is 2.91. The third-order valence-corrected chi connectivity index (χ3v) is 5.80. The Bertz CT molecular complexity index is 914. The molecule has 132 valence electrons. The lowest BCUT2D eigenvalue weighted by Crippen LogP contribution is -2.24. The minimum absolute atomic E-state index is 0.106. The molecule has 4 rings (SSSR count). The molecule has 0 saturated carbocycles. The van der Waals surface area contributed by atoms with E-state index >= 15 is 0 Å². The van der Waals surface area contributed by atoms with Crippen molar-refractivity contribution >= 4 is 0 Å². The zero-order chi connectivity index (χ0) is 18.3. The van der Waals surface area contributed by atoms with E-state index in [4.69, 9.17) is 4.74 Å². The number of phenolic OH excluding ortho intramolecular Hbond substituents is 1. The van der Waals surface area contributed by atoms with Gasteiger partial charge in [-0.05, 0) is 28.2 Å². The minimum atomic E-state index is -0.136. The maximum Gasteiger partial charge on any atom is 0.123 e. The molecule has 0 unspecified atom stereocenters. The first-order chi connectivity index (χ1) is 12.5. The van der Waals surface area contributed by atoms with Crippen LogP contribution in [-0.4, -0.2) is 12.2 Å². The second kappa shape index (κ2) is 6.21. The number of fused-ring (bicyclic) bond motifs is 1. The van der Waals surface area contributed by atoms with E-state index in [-0.39, 0.29) is 17.3 Å². The number of ether oxygens (including phenoxy) is 1. The molecule has 0 amide bonds. The Balaban J connectivity index is 2.00. The normalized spacial score (nSPS) is 20.6. The molecule has 3 aromatic rings. The van der Waals surface area contributed by atoms with Gasteiger partial charge in [-0.2, -0.15) is 0 Å². The van der Waals surface area contributed by atoms with Crippen molar-refractivity contribution < 1.29 is 9.84 Å². The Kier molecular flexibility index (Phi) is 3.99. The molecule has 0 radical (unpaired) electrons. The highest BCUT2D eigenvalue weighted by Gasteiger charge is 2.49. The fourth-order valence-electron chi connectivity index (χ4n) is 4.63. The molecule has 2 atom stereocenters. The molecule has 0 aliphatic heterocycles. The van der Waals surface area contributed by atoms with Crippen LogP contribution in [-0.2, 0) is 5.41 Å². The summed E-state index contributed by atoms with van der Waals surface area (Å²) in [5.41, 5.74) is 4.57. The first kappa shape index (κ1) is 16.7. The van der Waals surface area contributed by atoms with E-state index in [2.05, 4.69) is 74.5 Å². The summed E-state index contributed by atoms with van der Waals surface area (Å²) in [6.45, 7) is 4.54. The minimum Gasteiger partial charge on any atom is -0.507 e. The van der Waals surface area contributed by atoms with Crippen molar-refractivity contribution in [3.63, 3.8) is 0 Å². The fourth-order valence-corrected chi connectivity index (χ4v) is 4.63. The van der Waals surface area contributed by atoms with Crippen LogP contribution in [0, 0.1) is 0 Å². The number of methoxy groups -OCH3 is 1. The molecule has 0 saturated heterocycles. The van der Waals surface area contributed by atoms with Gasteiger partial charge in [0.2, 0.25) is 0 Å². The second-order valence-electron chi connectivity index (χ2n) is 7.61. The van der Waals surface area contributed by atoms with Crippen LogP contribution >= 0.6 is 0 Å². The molecule has 3 aromatic carbocycles. The summed E-state index contributed by atoms with van der Waals surface area (Å²) in [4.78, 5) is 0. The zero-order valence-electron chi connectivity index (χ0n) is 15.4. The Morgan fingerprint density at radius 2 is 1.42 bits per heavy atom. The monoisotopic (exact) mass is 344 g/mol. The third kappa shape index (κ3) is 2.48. The van der Waals surface area contributed by atoms with Gasteiger partial charge in [0.15, 0.2) is 0 Å². The summed E-state index contributed by atoms with van der Waals surface area (Å²) in [6, 6.07) is 25.0. The topological polar surface area (TPSA) is 29.5 Å². The molecule has 1 aliphatic carbocycles. The van der Waals surface area contributed by atoms with Crippen LogP contribution in [0.4, 0.5) is 0 Å². The van der Waals surface area contributed by atoms with Crippen LogP contribution in [0.2, 0.25) is 0 Å². The summed E-state index contributed by atoms with van der Waals surface area (Å²) >= 11 is 0. The van der Waals surface area contributed by atoms with Gasteiger partial charge in [-0.3, -0.25) is 0 Å². The van der Waals surface area contributed by atoms with Crippen LogP contribution in [0.1, 0.15) is 47.9 Å². The summed E-state index contributed by atoms with van der Waals surface area (Å²) < 4.78 is 5.44. The number of aromatic hydroxyl groups is 1. The standard InChI is InChI=1S/C24H24O2/c1-24(2)19-14-18(26-3)15-20(25)22(19)21(16-10-6-4-7-11-16)23(24)17-12-8-5-9-13-17/h4-15,21,23,25H,1-3H3/t21-,23+/m0/s1. The molecule has 0 fully saturated rings. The maximum atomic E-state index is 10.9. The molecule has 2 nitrogen and oxygen atoms in total. The largest absolute Gasteiger partial charge is 0.507 e. The average molecular weight is 344 g/mol. The Labute approximate surface area is 155 Å². The van der Waals surface area contributed by atoms with Gasteiger partial charge in [-0.15, -0.1) is 0 Å². The maximum absolute atomic E-state index is 10.9. The van der Waals surface area contributed by atoms with Crippen molar-refractivity contribution in [3.05, 3.63) is 95.1 Å². The highest BCUT2D eigenvalue weighted by atomic mass is 16.5. The summed E-state index contributed by atoms with van der Waals surface area (Å²) in [5.74, 6) is 1.36. The Hall–Kier alpha value is -2.74. The van der Waals surface area contributed by atoms with E-state index in [1.807, 2.05) is 6.07 Å². The summed E-state index contributed by atoms with van der Waals surface area (Å²) in [7, 11) is 1.65. The van der Waals surface area contributed by atoms with Gasteiger partial charge in [0.25, 0.3) is 0 Å². The van der Waals surface area contributed by atoms with Gasteiger partial charge in [-0.1, -0.05) is 74.5 Å². The number of hydrogen-bond acceptors (Lipinski definition) is 2. The molecule has 0 heterocycles. The third-order valence-electron chi connectivity index (χ3n) is 5.80. The molecule has 0 aromatic heterocycles. The van der Waals surface area contributed by atoms with E-state index in [1.54, 1.807) is 13.2 Å². The van der Waals surface area contributed by atoms with Crippen LogP contribution in [0.5, 0.6) is 11.5 Å². The quantitative estimate of drug-likeness (QED) is 0.669. The predicted octanol–water partition coefficient (Wildman–Crippen LogP) is 5.61. The highest BCUT2D eigenvalue weighted by molar-refractivity contribution is 5.61. The fraction of sp³-hybridized carbons (Fsp3) is 0.250. The van der Waals surface area contributed by atoms with Crippen molar-refractivity contribution in [2.24, 2.45) is 0 Å². The lowest BCUT2D eigenvalue weighted by molar-refractivity contribution is 0.403. The SMILES string of the molecule is COc1cc(O)c2c(c1)C(C)(C)[C@H](c1ccccc1)[C@H]2c1ccccc1. The van der Waals surface area contributed by atoms with E-state index in [9.17, 15) is 5.11 Å². The first-order valence-corrected chi connectivity index (χ1v) is 9.05. The van der Waals surface area contributed by atoms with Crippen molar-refractivity contribution in [3.8, 4) is 11.5 Å². The molecule has 2 heteroatoms. The molecule has 1 N–H and O–H groups in total. The van der Waals surface area contributed by atoms with Crippen molar-refractivity contribution in [2.45, 2.75) is 31.1 Å². The van der Waals surface area contributed by atoms with Gasteiger partial charge in [-0.25, -0.2) is 0 Å². The highest BCUT2D eigenvalue weighted by Crippen LogP contribution is 2.60. The van der Waals surface area contributed by atoms with E-state index < -0.39 is 0 Å². The van der Waals surface area contributed by atoms with Gasteiger partial charge in [0.05, 0.1) is 7.11 Å². The van der Waals surface area contributed by atoms with Crippen molar-refractivity contribution in [2.75, 3.05) is 7.11 Å². The van der Waals surface area contributed by atoms with E-state index in [0.717, 1.165) is 11.1 Å². The molecule has 0 spiro atoms. The number of hydrogen-bond donors (Lipinski definition) is 1. The van der Waals surface area contributed by atoms with Crippen molar-refractivity contribution in [1.82, 2.24) is 0 Å². The molecular formula is C24H24O2. The summed E-state index contributed by atoms with van der Waals surface area (Å²) in [5, 5.41) is 10.9. The van der Waals surface area contributed by atoms with Crippen LogP contribution < -0.4 is 4.74 Å². The van der Waals surface area contributed by atoms with E-state index in [1.165, 1.54) is 11.1 Å². The Morgan fingerprint density at radius 3 is 2.00 bits per heavy atom. The summed E-state index contributed by atoms with van der Waals surface area (Å²) in [6.07, 6.45) is 0. The van der Waals surface area contributed by atoms with Crippen LogP contribution in [0.15, 0.2) is 72.8 Å². The van der Waals surface area contributed by atoms with E-state index in [0.29, 0.717) is 11.5 Å². The lowest BCUT2D eigenvalue weighted by atomic mass is 9.70. The molecule has 1 aliphatic rings. The van der Waals surface area contributed by atoms with Crippen LogP contribution in [0.3, 0.4) is 0 Å². The number of phenols is 1.